The minimum Gasteiger partial charge on any atom is -0.354 e. The first kappa shape index (κ1) is 23.8. The summed E-state index contributed by atoms with van der Waals surface area (Å²) in [5, 5.41) is 0. The van der Waals surface area contributed by atoms with Crippen molar-refractivity contribution in [3.05, 3.63) is 82.2 Å². The van der Waals surface area contributed by atoms with Gasteiger partial charge >= 0.3 is 0 Å². The number of hydrogen-bond donors (Lipinski definition) is 1. The van der Waals surface area contributed by atoms with Crippen LogP contribution in [-0.2, 0) is 0 Å². The highest BCUT2D eigenvalue weighted by atomic mass is 16.1. The number of aryl methyl sites for hydroxylation is 2. The molecule has 3 nitrogen and oxygen atoms in total. The zero-order valence-corrected chi connectivity index (χ0v) is 21.2. The van der Waals surface area contributed by atoms with E-state index in [2.05, 4.69) is 36.2 Å². The minimum atomic E-state index is -0.0698. The molecule has 0 radical (unpaired) electrons. The molecule has 1 heterocycles. The van der Waals surface area contributed by atoms with Crippen LogP contribution in [0.1, 0.15) is 113 Å². The molecule has 2 aliphatic carbocycles. The predicted octanol–water partition coefficient (Wildman–Crippen LogP) is 8.34. The third-order valence-corrected chi connectivity index (χ3v) is 8.15. The molecule has 0 aliphatic heterocycles. The van der Waals surface area contributed by atoms with Crippen molar-refractivity contribution >= 4 is 11.6 Å². The summed E-state index contributed by atoms with van der Waals surface area (Å²) in [6.45, 7) is 4.11. The van der Waals surface area contributed by atoms with Crippen LogP contribution in [0.25, 0.3) is 11.1 Å². The Morgan fingerprint density at radius 2 is 1.26 bits per heavy atom. The van der Waals surface area contributed by atoms with E-state index in [-0.39, 0.29) is 17.5 Å². The van der Waals surface area contributed by atoms with Crippen LogP contribution in [-0.4, -0.2) is 16.6 Å². The van der Waals surface area contributed by atoms with Gasteiger partial charge in [0, 0.05) is 22.7 Å². The molecular formula is C32H37NO2. The van der Waals surface area contributed by atoms with Gasteiger partial charge in [0.1, 0.15) is 0 Å². The molecule has 0 unspecified atom stereocenters. The predicted molar refractivity (Wildman–Crippen MR) is 142 cm³/mol. The molecule has 0 bridgehead atoms. The fraction of sp³-hybridized carbons (Fsp3) is 0.438. The summed E-state index contributed by atoms with van der Waals surface area (Å²) in [5.41, 5.74) is 7.24. The van der Waals surface area contributed by atoms with E-state index in [1.54, 1.807) is 0 Å². The van der Waals surface area contributed by atoms with Gasteiger partial charge in [0.25, 0.3) is 0 Å². The Morgan fingerprint density at radius 1 is 0.714 bits per heavy atom. The molecule has 35 heavy (non-hydrogen) atoms. The zero-order chi connectivity index (χ0) is 24.4. The number of rotatable bonds is 6. The minimum absolute atomic E-state index is 0.00696. The summed E-state index contributed by atoms with van der Waals surface area (Å²) in [4.78, 5) is 31.7. The summed E-state index contributed by atoms with van der Waals surface area (Å²) < 4.78 is 0. The Bertz CT molecular complexity index is 1190. The molecule has 2 aromatic carbocycles. The second-order valence-corrected chi connectivity index (χ2v) is 10.8. The lowest BCUT2D eigenvalue weighted by atomic mass is 9.79. The van der Waals surface area contributed by atoms with Gasteiger partial charge in [-0.25, -0.2) is 0 Å². The Morgan fingerprint density at radius 3 is 1.86 bits per heavy atom. The normalized spacial score (nSPS) is 17.4. The largest absolute Gasteiger partial charge is 0.354 e. The van der Waals surface area contributed by atoms with Crippen LogP contribution >= 0.6 is 0 Å². The number of aromatic amines is 1. The van der Waals surface area contributed by atoms with Crippen molar-refractivity contribution in [1.29, 1.82) is 0 Å². The second kappa shape index (κ2) is 10.4. The highest BCUT2D eigenvalue weighted by Crippen LogP contribution is 2.43. The van der Waals surface area contributed by atoms with E-state index in [4.69, 9.17) is 0 Å². The van der Waals surface area contributed by atoms with Gasteiger partial charge in [-0.2, -0.15) is 0 Å². The number of nitrogens with one attached hydrogen (secondary N) is 1. The van der Waals surface area contributed by atoms with Crippen LogP contribution < -0.4 is 0 Å². The van der Waals surface area contributed by atoms with E-state index < -0.39 is 0 Å². The summed E-state index contributed by atoms with van der Waals surface area (Å²) in [7, 11) is 0. The van der Waals surface area contributed by atoms with E-state index in [0.717, 1.165) is 60.9 Å². The molecular weight excluding hydrogens is 430 g/mol. The van der Waals surface area contributed by atoms with Crippen LogP contribution in [0.4, 0.5) is 0 Å². The zero-order valence-electron chi connectivity index (χ0n) is 21.2. The lowest BCUT2D eigenvalue weighted by Crippen LogP contribution is -2.20. The maximum absolute atomic E-state index is 14.2. The highest BCUT2D eigenvalue weighted by molar-refractivity contribution is 6.18. The first-order valence-electron chi connectivity index (χ1n) is 13.5. The molecule has 3 heteroatoms. The number of H-pyrrole nitrogens is 1. The SMILES string of the molecule is Cc1ccc(C(=O)c2[nH]c(C3CCCCC3)c(-c3ccc(C)cc3)c2C(=O)C2CCCCC2)cc1. The third-order valence-electron chi connectivity index (χ3n) is 8.15. The lowest BCUT2D eigenvalue weighted by Gasteiger charge is -2.23. The molecule has 3 aromatic rings. The van der Waals surface area contributed by atoms with Crippen molar-refractivity contribution in [3.63, 3.8) is 0 Å². The Balaban J connectivity index is 1.71. The topological polar surface area (TPSA) is 49.9 Å². The van der Waals surface area contributed by atoms with Crippen molar-refractivity contribution in [1.82, 2.24) is 4.98 Å². The molecule has 1 aromatic heterocycles. The van der Waals surface area contributed by atoms with Gasteiger partial charge < -0.3 is 4.98 Å². The quantitative estimate of drug-likeness (QED) is 0.370. The summed E-state index contributed by atoms with van der Waals surface area (Å²) >= 11 is 0. The van der Waals surface area contributed by atoms with Gasteiger partial charge in [-0.05, 0) is 51.0 Å². The van der Waals surface area contributed by atoms with E-state index >= 15 is 0 Å². The first-order valence-corrected chi connectivity index (χ1v) is 13.5. The van der Waals surface area contributed by atoms with Crippen molar-refractivity contribution in [2.24, 2.45) is 5.92 Å². The molecule has 2 saturated carbocycles. The first-order chi connectivity index (χ1) is 17.0. The van der Waals surface area contributed by atoms with Gasteiger partial charge in [0.15, 0.2) is 5.78 Å². The van der Waals surface area contributed by atoms with Gasteiger partial charge in [-0.1, -0.05) is 98.2 Å². The highest BCUT2D eigenvalue weighted by Gasteiger charge is 2.34. The van der Waals surface area contributed by atoms with E-state index in [1.807, 2.05) is 31.2 Å². The molecule has 1 N–H and O–H groups in total. The molecule has 2 aliphatic rings. The molecule has 0 amide bonds. The van der Waals surface area contributed by atoms with Crippen LogP contribution in [0, 0.1) is 19.8 Å². The van der Waals surface area contributed by atoms with Crippen LogP contribution in [0.15, 0.2) is 48.5 Å². The number of ketones is 2. The number of carbonyl (C=O) groups is 2. The molecule has 5 rings (SSSR count). The molecule has 0 atom stereocenters. The fourth-order valence-corrected chi connectivity index (χ4v) is 6.07. The fourth-order valence-electron chi connectivity index (χ4n) is 6.07. The number of benzene rings is 2. The van der Waals surface area contributed by atoms with Crippen molar-refractivity contribution in [2.75, 3.05) is 0 Å². The standard InChI is InChI=1S/C32H37NO2/c1-21-13-17-23(18-14-21)27-28(31(34)25-11-7-4-8-12-25)30(32(35)26-19-15-22(2)16-20-26)33-29(27)24-9-5-3-6-10-24/h13-20,24-25,33H,3-12H2,1-2H3. The second-order valence-electron chi connectivity index (χ2n) is 10.8. The van der Waals surface area contributed by atoms with Crippen LogP contribution in [0.3, 0.4) is 0 Å². The summed E-state index contributed by atoms with van der Waals surface area (Å²) in [6, 6.07) is 16.2. The molecule has 182 valence electrons. The van der Waals surface area contributed by atoms with Crippen molar-refractivity contribution in [2.45, 2.75) is 84.0 Å². The van der Waals surface area contributed by atoms with Crippen LogP contribution in [0.2, 0.25) is 0 Å². The van der Waals surface area contributed by atoms with Crippen LogP contribution in [0.5, 0.6) is 0 Å². The average Bonchev–Trinajstić information content (AvgIpc) is 3.30. The van der Waals surface area contributed by atoms with E-state index in [9.17, 15) is 9.59 Å². The van der Waals surface area contributed by atoms with Gasteiger partial charge in [0.2, 0.25) is 5.78 Å². The summed E-state index contributed by atoms with van der Waals surface area (Å²) in [5.74, 6) is 0.457. The number of hydrogen-bond acceptors (Lipinski definition) is 2. The number of Topliss-reactive ketones (excluding diaryl/α,β-unsaturated/α-hetero) is 1. The number of carbonyl (C=O) groups excluding carboxylic acids is 2. The maximum Gasteiger partial charge on any atom is 0.209 e. The smallest absolute Gasteiger partial charge is 0.209 e. The van der Waals surface area contributed by atoms with E-state index in [1.165, 1.54) is 31.2 Å². The van der Waals surface area contributed by atoms with Gasteiger partial charge in [-0.15, -0.1) is 0 Å². The Labute approximate surface area is 209 Å². The van der Waals surface area contributed by atoms with Crippen molar-refractivity contribution in [3.8, 4) is 11.1 Å². The molecule has 2 fully saturated rings. The molecule has 0 saturated heterocycles. The monoisotopic (exact) mass is 467 g/mol. The average molecular weight is 468 g/mol. The molecule has 0 spiro atoms. The van der Waals surface area contributed by atoms with E-state index in [0.29, 0.717) is 22.7 Å². The maximum atomic E-state index is 14.2. The van der Waals surface area contributed by atoms with Gasteiger partial charge in [0.05, 0.1) is 11.3 Å². The third kappa shape index (κ3) is 4.91. The van der Waals surface area contributed by atoms with Gasteiger partial charge in [-0.3, -0.25) is 9.59 Å². The Kier molecular flexibility index (Phi) is 7.04. The van der Waals surface area contributed by atoms with Crippen molar-refractivity contribution < 1.29 is 9.59 Å². The number of aromatic nitrogens is 1. The lowest BCUT2D eigenvalue weighted by molar-refractivity contribution is 0.0883. The Hall–Kier alpha value is -2.94. The summed E-state index contributed by atoms with van der Waals surface area (Å²) in [6.07, 6.45) is 11.1.